The Morgan fingerprint density at radius 2 is 2.00 bits per heavy atom. The predicted molar refractivity (Wildman–Crippen MR) is 155 cm³/mol. The van der Waals surface area contributed by atoms with Crippen molar-refractivity contribution in [2.45, 2.75) is 39.3 Å². The molecule has 2 saturated heterocycles. The van der Waals surface area contributed by atoms with Gasteiger partial charge in [-0.1, -0.05) is 6.07 Å². The highest BCUT2D eigenvalue weighted by atomic mass is 32.1. The van der Waals surface area contributed by atoms with Crippen molar-refractivity contribution in [3.05, 3.63) is 62.7 Å². The summed E-state index contributed by atoms with van der Waals surface area (Å²) >= 11 is 1.34. The summed E-state index contributed by atoms with van der Waals surface area (Å²) in [6, 6.07) is 1.25. The van der Waals surface area contributed by atoms with E-state index in [4.69, 9.17) is 9.73 Å². The molecule has 5 rings (SSSR count). The second-order valence-electron chi connectivity index (χ2n) is 12.0. The molecule has 0 aliphatic carbocycles. The third-order valence-corrected chi connectivity index (χ3v) is 9.06. The van der Waals surface area contributed by atoms with Crippen molar-refractivity contribution in [1.82, 2.24) is 25.0 Å². The van der Waals surface area contributed by atoms with Crippen LogP contribution < -0.4 is 5.32 Å². The zero-order valence-corrected chi connectivity index (χ0v) is 25.4. The molecule has 1 aromatic heterocycles. The lowest BCUT2D eigenvalue weighted by Crippen LogP contribution is -2.60. The molecule has 11 nitrogen and oxygen atoms in total. The van der Waals surface area contributed by atoms with Crippen molar-refractivity contribution in [1.29, 1.82) is 0 Å². The second kappa shape index (κ2) is 11.3. The number of carbonyl (C=O) groups is 3. The summed E-state index contributed by atoms with van der Waals surface area (Å²) in [5.74, 6) is -3.28. The number of piperazine rings is 1. The summed E-state index contributed by atoms with van der Waals surface area (Å²) in [5, 5.41) is 15.2. The number of amides is 2. The molecule has 4 heterocycles. The molecular formula is C29H34F2N6O5S. The minimum Gasteiger partial charge on any atom is -0.481 e. The van der Waals surface area contributed by atoms with Gasteiger partial charge in [-0.05, 0) is 44.9 Å². The highest BCUT2D eigenvalue weighted by molar-refractivity contribution is 7.11. The van der Waals surface area contributed by atoms with Gasteiger partial charge in [0.2, 0.25) is 0 Å². The number of hydrogen-bond acceptors (Lipinski definition) is 9. The number of hydrogen-bond donors (Lipinski definition) is 2. The monoisotopic (exact) mass is 616 g/mol. The molecule has 1 aromatic carbocycles. The summed E-state index contributed by atoms with van der Waals surface area (Å²) in [5.41, 5.74) is -0.715. The number of aliphatic imine (C=N–C) groups is 1. The first-order chi connectivity index (χ1) is 20.3. The van der Waals surface area contributed by atoms with Gasteiger partial charge in [0.05, 0.1) is 23.6 Å². The molecule has 2 N–H and O–H groups in total. The number of esters is 1. The molecule has 230 valence electrons. The molecule has 2 atom stereocenters. The minimum absolute atomic E-state index is 0.0323. The Labute approximate surface area is 251 Å². The molecular weight excluding hydrogens is 582 g/mol. The number of benzene rings is 1. The highest BCUT2D eigenvalue weighted by Gasteiger charge is 2.51. The standard InChI is InChI=1S/C29H34F2N6O5S/c1-16-17(6-7-18(30)21(16)31)22-20(25(38)42-5)19(33-23(34-22)24-32-8-11-43-24)12-35-9-10-37-27(41)36(15-29(37,4)14-35)13-28(2,3)26(39)40/h6-8,11,22H,9-10,12-15H2,1-5H3,(H,33,34)(H,39,40). The van der Waals surface area contributed by atoms with Crippen molar-refractivity contribution in [3.63, 3.8) is 0 Å². The zero-order valence-electron chi connectivity index (χ0n) is 24.6. The van der Waals surface area contributed by atoms with Crippen molar-refractivity contribution in [2.75, 3.05) is 46.4 Å². The van der Waals surface area contributed by atoms with Crippen LogP contribution in [0.2, 0.25) is 0 Å². The molecule has 0 radical (unpaired) electrons. The van der Waals surface area contributed by atoms with Crippen LogP contribution in [-0.4, -0.2) is 101 Å². The molecule has 0 spiro atoms. The summed E-state index contributed by atoms with van der Waals surface area (Å²) in [6.45, 7) is 8.59. The number of thiazole rings is 1. The zero-order chi connectivity index (χ0) is 31.3. The molecule has 3 aliphatic rings. The Morgan fingerprint density at radius 3 is 2.65 bits per heavy atom. The van der Waals surface area contributed by atoms with Crippen LogP contribution in [-0.2, 0) is 14.3 Å². The summed E-state index contributed by atoms with van der Waals surface area (Å²) in [6.07, 6.45) is 1.62. The van der Waals surface area contributed by atoms with E-state index < -0.39 is 40.6 Å². The van der Waals surface area contributed by atoms with E-state index in [9.17, 15) is 28.3 Å². The van der Waals surface area contributed by atoms with E-state index in [2.05, 4.69) is 15.2 Å². The maximum Gasteiger partial charge on any atom is 0.338 e. The van der Waals surface area contributed by atoms with E-state index in [1.54, 1.807) is 35.2 Å². The number of nitrogens with zero attached hydrogens (tertiary/aromatic N) is 5. The van der Waals surface area contributed by atoms with Gasteiger partial charge >= 0.3 is 18.0 Å². The fraction of sp³-hybridized carbons (Fsp3) is 0.483. The quantitative estimate of drug-likeness (QED) is 0.433. The van der Waals surface area contributed by atoms with Crippen LogP contribution in [0.4, 0.5) is 13.6 Å². The number of amidine groups is 1. The molecule has 0 bridgehead atoms. The van der Waals surface area contributed by atoms with Gasteiger partial charge in [0.25, 0.3) is 0 Å². The maximum absolute atomic E-state index is 14.7. The van der Waals surface area contributed by atoms with E-state index in [1.807, 2.05) is 6.92 Å². The van der Waals surface area contributed by atoms with Crippen LogP contribution in [0.15, 0.2) is 40.0 Å². The van der Waals surface area contributed by atoms with Gasteiger partial charge in [0.15, 0.2) is 22.5 Å². The SMILES string of the molecule is COC(=O)C1=C(CN2CCN3C(=O)N(CC(C)(C)C(=O)O)CC3(C)C2)NC(c2nccs2)=NC1c1ccc(F)c(F)c1C. The van der Waals surface area contributed by atoms with Gasteiger partial charge in [-0.2, -0.15) is 0 Å². The van der Waals surface area contributed by atoms with Gasteiger partial charge < -0.3 is 25.0 Å². The van der Waals surface area contributed by atoms with Crippen LogP contribution >= 0.6 is 11.3 Å². The number of fused-ring (bicyclic) bond motifs is 1. The largest absolute Gasteiger partial charge is 0.481 e. The predicted octanol–water partition coefficient (Wildman–Crippen LogP) is 3.17. The minimum atomic E-state index is -1.11. The number of methoxy groups -OCH3 is 1. The summed E-state index contributed by atoms with van der Waals surface area (Å²) in [4.78, 5) is 52.8. The Bertz CT molecular complexity index is 1530. The highest BCUT2D eigenvalue weighted by Crippen LogP contribution is 2.37. The van der Waals surface area contributed by atoms with Crippen molar-refractivity contribution >= 4 is 35.1 Å². The van der Waals surface area contributed by atoms with E-state index in [1.165, 1.54) is 31.4 Å². The Kier molecular flexibility index (Phi) is 8.03. The number of carboxylic acids is 1. The number of carbonyl (C=O) groups excluding carboxylic acids is 2. The van der Waals surface area contributed by atoms with Gasteiger partial charge in [-0.25, -0.2) is 23.4 Å². The molecule has 14 heteroatoms. The van der Waals surface area contributed by atoms with Crippen LogP contribution in [0, 0.1) is 24.0 Å². The third kappa shape index (κ3) is 5.60. The van der Waals surface area contributed by atoms with E-state index in [0.717, 1.165) is 6.07 Å². The topological polar surface area (TPSA) is 128 Å². The lowest BCUT2D eigenvalue weighted by molar-refractivity contribution is -0.147. The number of carboxylic acid groups (broad SMARTS) is 1. The first kappa shape index (κ1) is 30.5. The fourth-order valence-electron chi connectivity index (χ4n) is 6.00. The molecule has 0 saturated carbocycles. The van der Waals surface area contributed by atoms with Crippen LogP contribution in [0.25, 0.3) is 0 Å². The Morgan fingerprint density at radius 1 is 1.26 bits per heavy atom. The van der Waals surface area contributed by atoms with E-state index in [0.29, 0.717) is 48.3 Å². The van der Waals surface area contributed by atoms with Crippen molar-refractivity contribution < 1.29 is 33.0 Å². The summed E-state index contributed by atoms with van der Waals surface area (Å²) < 4.78 is 33.9. The van der Waals surface area contributed by atoms with Gasteiger partial charge in [0, 0.05) is 56.5 Å². The Balaban J connectivity index is 1.48. The third-order valence-electron chi connectivity index (χ3n) is 8.28. The summed E-state index contributed by atoms with van der Waals surface area (Å²) in [7, 11) is 1.25. The second-order valence-corrected chi connectivity index (χ2v) is 12.9. The van der Waals surface area contributed by atoms with Gasteiger partial charge in [-0.15, -0.1) is 11.3 Å². The fourth-order valence-corrected chi connectivity index (χ4v) is 6.59. The number of aromatic nitrogens is 1. The van der Waals surface area contributed by atoms with Crippen LogP contribution in [0.5, 0.6) is 0 Å². The normalized spacial score (nSPS) is 22.8. The number of urea groups is 1. The molecule has 3 aliphatic heterocycles. The van der Waals surface area contributed by atoms with Crippen molar-refractivity contribution in [2.24, 2.45) is 10.4 Å². The number of aliphatic carboxylic acids is 1. The number of ether oxygens (including phenoxy) is 1. The van der Waals surface area contributed by atoms with Crippen molar-refractivity contribution in [3.8, 4) is 0 Å². The van der Waals surface area contributed by atoms with E-state index in [-0.39, 0.29) is 30.3 Å². The molecule has 2 fully saturated rings. The molecule has 2 aromatic rings. The average Bonchev–Trinajstić information content (AvgIpc) is 3.57. The maximum atomic E-state index is 14.7. The number of nitrogens with one attached hydrogen (secondary N) is 1. The molecule has 2 amide bonds. The van der Waals surface area contributed by atoms with Crippen LogP contribution in [0.3, 0.4) is 0 Å². The first-order valence-corrected chi connectivity index (χ1v) is 14.7. The first-order valence-electron chi connectivity index (χ1n) is 13.8. The lowest BCUT2D eigenvalue weighted by Gasteiger charge is -2.44. The molecule has 2 unspecified atom stereocenters. The molecule has 43 heavy (non-hydrogen) atoms. The van der Waals surface area contributed by atoms with Gasteiger partial charge in [0.1, 0.15) is 6.04 Å². The average molecular weight is 617 g/mol. The number of rotatable bonds is 8. The smallest absolute Gasteiger partial charge is 0.338 e. The van der Waals surface area contributed by atoms with Gasteiger partial charge in [-0.3, -0.25) is 14.7 Å². The Hall–Kier alpha value is -3.91. The van der Waals surface area contributed by atoms with E-state index >= 15 is 0 Å². The lowest BCUT2D eigenvalue weighted by atomic mass is 9.91. The van der Waals surface area contributed by atoms with Crippen LogP contribution in [0.1, 0.15) is 42.9 Å². The number of halogens is 2.